The first-order chi connectivity index (χ1) is 8.47. The third kappa shape index (κ3) is 2.80. The number of phenolic OH excluding ortho intramolecular Hbond substituents is 1. The smallest absolute Gasteiger partial charge is 0.254 e. The Labute approximate surface area is 112 Å². The molecule has 1 heterocycles. The summed E-state index contributed by atoms with van der Waals surface area (Å²) in [6, 6.07) is 5.14. The molecule has 1 aliphatic heterocycles. The molecule has 2 atom stereocenters. The predicted molar refractivity (Wildman–Crippen MR) is 75.3 cm³/mol. The molecule has 1 N–H and O–H groups in total. The maximum absolute atomic E-state index is 12.4. The molecule has 1 aromatic rings. The molecule has 1 aromatic carbocycles. The van der Waals surface area contributed by atoms with Gasteiger partial charge in [0.05, 0.1) is 0 Å². The lowest BCUT2D eigenvalue weighted by atomic mass is 10.1. The number of amides is 1. The number of carbonyl (C=O) groups is 1. The number of aromatic hydroxyl groups is 1. The van der Waals surface area contributed by atoms with Crippen LogP contribution < -0.4 is 0 Å². The Bertz CT molecular complexity index is 451. The third-order valence-electron chi connectivity index (χ3n) is 3.16. The monoisotopic (exact) mass is 265 g/mol. The fraction of sp³-hybridized carbons (Fsp3) is 0.500. The number of carbonyl (C=O) groups excluding carboxylic acids is 1. The van der Waals surface area contributed by atoms with Gasteiger partial charge in [-0.05, 0) is 24.6 Å². The number of nitrogens with zero attached hydrogens (tertiary/aromatic N) is 1. The van der Waals surface area contributed by atoms with Crippen molar-refractivity contribution in [2.24, 2.45) is 0 Å². The molecule has 0 saturated carbocycles. The second-order valence-electron chi connectivity index (χ2n) is 4.97. The first-order valence-corrected chi connectivity index (χ1v) is 7.16. The number of hydrogen-bond acceptors (Lipinski definition) is 3. The predicted octanol–water partition coefficient (Wildman–Crippen LogP) is 2.67. The van der Waals surface area contributed by atoms with E-state index in [1.807, 2.05) is 23.6 Å². The molecule has 0 radical (unpaired) electrons. The van der Waals surface area contributed by atoms with Crippen LogP contribution in [0.15, 0.2) is 18.2 Å². The summed E-state index contributed by atoms with van der Waals surface area (Å²) in [7, 11) is 0. The number of thioether (sulfide) groups is 1. The highest BCUT2D eigenvalue weighted by Gasteiger charge is 2.26. The van der Waals surface area contributed by atoms with Crippen molar-refractivity contribution in [3.63, 3.8) is 0 Å². The molecule has 2 rings (SSSR count). The van der Waals surface area contributed by atoms with Crippen molar-refractivity contribution in [1.82, 2.24) is 4.90 Å². The van der Waals surface area contributed by atoms with Crippen LogP contribution in [0.3, 0.4) is 0 Å². The van der Waals surface area contributed by atoms with Crippen molar-refractivity contribution in [3.8, 4) is 5.75 Å². The molecule has 4 heteroatoms. The Morgan fingerprint density at radius 2 is 1.94 bits per heavy atom. The Balaban J connectivity index is 2.17. The molecule has 2 unspecified atom stereocenters. The lowest BCUT2D eigenvalue weighted by Crippen LogP contribution is -2.44. The number of rotatable bonds is 1. The topological polar surface area (TPSA) is 40.5 Å². The standard InChI is InChI=1S/C14H19NO2S/c1-9-4-5-12(6-13(9)16)14(17)15-7-10(2)18-11(3)8-15/h4-6,10-11,16H,7-8H2,1-3H3. The van der Waals surface area contributed by atoms with Crippen LogP contribution in [0.25, 0.3) is 0 Å². The first kappa shape index (κ1) is 13.3. The molecule has 3 nitrogen and oxygen atoms in total. The molecule has 0 spiro atoms. The van der Waals surface area contributed by atoms with Gasteiger partial charge in [-0.2, -0.15) is 11.8 Å². The van der Waals surface area contributed by atoms with Gasteiger partial charge < -0.3 is 10.0 Å². The van der Waals surface area contributed by atoms with Crippen molar-refractivity contribution in [2.45, 2.75) is 31.3 Å². The molecule has 0 bridgehead atoms. The number of aryl methyl sites for hydroxylation is 1. The summed E-state index contributed by atoms with van der Waals surface area (Å²) in [5.74, 6) is 0.206. The van der Waals surface area contributed by atoms with Crippen LogP contribution in [0.4, 0.5) is 0 Å². The second kappa shape index (κ2) is 5.22. The Hall–Kier alpha value is -1.16. The van der Waals surface area contributed by atoms with E-state index in [0.717, 1.165) is 18.7 Å². The third-order valence-corrected chi connectivity index (χ3v) is 4.39. The molecule has 18 heavy (non-hydrogen) atoms. The minimum Gasteiger partial charge on any atom is -0.508 e. The van der Waals surface area contributed by atoms with E-state index in [4.69, 9.17) is 0 Å². The number of benzene rings is 1. The van der Waals surface area contributed by atoms with Crippen LogP contribution in [0.2, 0.25) is 0 Å². The van der Waals surface area contributed by atoms with Crippen LogP contribution in [-0.4, -0.2) is 39.5 Å². The normalized spacial score (nSPS) is 24.1. The van der Waals surface area contributed by atoms with Crippen LogP contribution in [0, 0.1) is 6.92 Å². The molecule has 1 fully saturated rings. The van der Waals surface area contributed by atoms with Gasteiger partial charge >= 0.3 is 0 Å². The van der Waals surface area contributed by atoms with Gasteiger partial charge in [0, 0.05) is 29.2 Å². The lowest BCUT2D eigenvalue weighted by Gasteiger charge is -2.34. The summed E-state index contributed by atoms with van der Waals surface area (Å²) in [6.45, 7) is 7.68. The summed E-state index contributed by atoms with van der Waals surface area (Å²) in [4.78, 5) is 14.2. The van der Waals surface area contributed by atoms with Gasteiger partial charge in [-0.15, -0.1) is 0 Å². The zero-order valence-electron chi connectivity index (χ0n) is 11.0. The molecule has 1 amide bonds. The van der Waals surface area contributed by atoms with Gasteiger partial charge in [0.1, 0.15) is 5.75 Å². The Morgan fingerprint density at radius 3 is 2.50 bits per heavy atom. The highest BCUT2D eigenvalue weighted by atomic mass is 32.2. The summed E-state index contributed by atoms with van der Waals surface area (Å²) in [6.07, 6.45) is 0. The van der Waals surface area contributed by atoms with Gasteiger partial charge in [-0.3, -0.25) is 4.79 Å². The van der Waals surface area contributed by atoms with Crippen LogP contribution in [0.1, 0.15) is 29.8 Å². The van der Waals surface area contributed by atoms with Gasteiger partial charge in [0.2, 0.25) is 0 Å². The van der Waals surface area contributed by atoms with Crippen LogP contribution in [-0.2, 0) is 0 Å². The van der Waals surface area contributed by atoms with Crippen LogP contribution in [0.5, 0.6) is 5.75 Å². The van der Waals surface area contributed by atoms with Gasteiger partial charge in [-0.1, -0.05) is 19.9 Å². The lowest BCUT2D eigenvalue weighted by molar-refractivity contribution is 0.0753. The zero-order chi connectivity index (χ0) is 13.3. The highest BCUT2D eigenvalue weighted by Crippen LogP contribution is 2.26. The quantitative estimate of drug-likeness (QED) is 0.848. The van der Waals surface area contributed by atoms with E-state index in [1.54, 1.807) is 18.2 Å². The minimum atomic E-state index is 0.0179. The summed E-state index contributed by atoms with van der Waals surface area (Å²) < 4.78 is 0. The van der Waals surface area contributed by atoms with E-state index < -0.39 is 0 Å². The van der Waals surface area contributed by atoms with Crippen molar-refractivity contribution in [2.75, 3.05) is 13.1 Å². The summed E-state index contributed by atoms with van der Waals surface area (Å²) in [5, 5.41) is 10.6. The van der Waals surface area contributed by atoms with Gasteiger partial charge in [0.15, 0.2) is 0 Å². The average Bonchev–Trinajstić information content (AvgIpc) is 2.30. The molecule has 1 saturated heterocycles. The Kier molecular flexibility index (Phi) is 3.85. The highest BCUT2D eigenvalue weighted by molar-refractivity contribution is 8.00. The molecule has 0 aliphatic carbocycles. The molecular formula is C14H19NO2S. The fourth-order valence-corrected chi connectivity index (χ4v) is 3.59. The maximum Gasteiger partial charge on any atom is 0.254 e. The molecular weight excluding hydrogens is 246 g/mol. The van der Waals surface area contributed by atoms with E-state index in [9.17, 15) is 9.90 Å². The molecule has 1 aliphatic rings. The molecule has 98 valence electrons. The van der Waals surface area contributed by atoms with Crippen molar-refractivity contribution in [3.05, 3.63) is 29.3 Å². The average molecular weight is 265 g/mol. The first-order valence-electron chi connectivity index (χ1n) is 6.21. The number of phenols is 1. The van der Waals surface area contributed by atoms with E-state index in [2.05, 4.69) is 13.8 Å². The summed E-state index contributed by atoms with van der Waals surface area (Å²) >= 11 is 1.92. The van der Waals surface area contributed by atoms with Crippen molar-refractivity contribution in [1.29, 1.82) is 0 Å². The van der Waals surface area contributed by atoms with E-state index >= 15 is 0 Å². The SMILES string of the molecule is Cc1ccc(C(=O)N2CC(C)SC(C)C2)cc1O. The van der Waals surface area contributed by atoms with Gasteiger partial charge in [0.25, 0.3) is 5.91 Å². The molecule has 0 aromatic heterocycles. The number of hydrogen-bond donors (Lipinski definition) is 1. The summed E-state index contributed by atoms with van der Waals surface area (Å²) in [5.41, 5.74) is 1.37. The fourth-order valence-electron chi connectivity index (χ4n) is 2.27. The maximum atomic E-state index is 12.4. The Morgan fingerprint density at radius 1 is 1.33 bits per heavy atom. The van der Waals surface area contributed by atoms with Crippen molar-refractivity contribution >= 4 is 17.7 Å². The van der Waals surface area contributed by atoms with Crippen molar-refractivity contribution < 1.29 is 9.90 Å². The van der Waals surface area contributed by atoms with Crippen LogP contribution >= 0.6 is 11.8 Å². The zero-order valence-corrected chi connectivity index (χ0v) is 11.8. The van der Waals surface area contributed by atoms with E-state index in [1.165, 1.54) is 0 Å². The largest absolute Gasteiger partial charge is 0.508 e. The second-order valence-corrected chi connectivity index (χ2v) is 6.85. The minimum absolute atomic E-state index is 0.0179. The van der Waals surface area contributed by atoms with E-state index in [-0.39, 0.29) is 11.7 Å². The van der Waals surface area contributed by atoms with E-state index in [0.29, 0.717) is 16.1 Å². The van der Waals surface area contributed by atoms with Gasteiger partial charge in [-0.25, -0.2) is 0 Å².